The molecule has 0 spiro atoms. The molecule has 0 aliphatic carbocycles. The molecule has 0 atom stereocenters. The number of Topliss-reactive ketones (excluding diaryl/α,β-unsaturated/α-hetero) is 1. The van der Waals surface area contributed by atoms with Crippen LogP contribution in [-0.4, -0.2) is 15.6 Å². The van der Waals surface area contributed by atoms with E-state index >= 15 is 0 Å². The van der Waals surface area contributed by atoms with Gasteiger partial charge in [-0.1, -0.05) is 38.1 Å². The van der Waals surface area contributed by atoms with Gasteiger partial charge in [0.15, 0.2) is 5.78 Å². The van der Waals surface area contributed by atoms with E-state index in [1.165, 1.54) is 5.56 Å². The minimum Gasteiger partial charge on any atom is -0.292 e. The fourth-order valence-electron chi connectivity index (χ4n) is 1.84. The van der Waals surface area contributed by atoms with Crippen LogP contribution >= 0.6 is 0 Å². The lowest BCUT2D eigenvalue weighted by molar-refractivity contribution is 0.0967. The number of ketones is 1. The number of carbonyl (C=O) groups is 1. The average Bonchev–Trinajstić information content (AvgIpc) is 2.75. The van der Waals surface area contributed by atoms with Gasteiger partial charge in [-0.05, 0) is 24.5 Å². The van der Waals surface area contributed by atoms with E-state index in [4.69, 9.17) is 0 Å². The van der Waals surface area contributed by atoms with Crippen LogP contribution in [0, 0.1) is 6.92 Å². The first-order valence-corrected chi connectivity index (χ1v) is 6.19. The molecule has 0 fully saturated rings. The van der Waals surface area contributed by atoms with Gasteiger partial charge in [0, 0.05) is 11.8 Å². The lowest BCUT2D eigenvalue weighted by Crippen LogP contribution is -2.11. The molecule has 2 aromatic rings. The second kappa shape index (κ2) is 5.17. The number of hydrogen-bond donors (Lipinski definition) is 0. The van der Waals surface area contributed by atoms with Crippen molar-refractivity contribution in [1.29, 1.82) is 0 Å². The van der Waals surface area contributed by atoms with Crippen LogP contribution in [0.1, 0.15) is 41.4 Å². The van der Waals surface area contributed by atoms with Gasteiger partial charge < -0.3 is 0 Å². The first kappa shape index (κ1) is 12.6. The lowest BCUT2D eigenvalue weighted by Gasteiger charge is -2.06. The molecule has 3 nitrogen and oxygen atoms in total. The highest BCUT2D eigenvalue weighted by Gasteiger charge is 2.08. The lowest BCUT2D eigenvalue weighted by atomic mass is 10.0. The second-order valence-electron chi connectivity index (χ2n) is 4.85. The Balaban J connectivity index is 2.09. The number of carbonyl (C=O) groups excluding carboxylic acids is 1. The summed E-state index contributed by atoms with van der Waals surface area (Å²) in [5.74, 6) is 0.580. The maximum Gasteiger partial charge on any atom is 0.184 e. The van der Waals surface area contributed by atoms with Crippen LogP contribution in [0.4, 0.5) is 0 Å². The maximum absolute atomic E-state index is 12.0. The van der Waals surface area contributed by atoms with Crippen molar-refractivity contribution in [3.8, 4) is 0 Å². The number of aryl methyl sites for hydroxylation is 1. The second-order valence-corrected chi connectivity index (χ2v) is 4.85. The van der Waals surface area contributed by atoms with Gasteiger partial charge in [-0.3, -0.25) is 9.48 Å². The van der Waals surface area contributed by atoms with Crippen LogP contribution in [-0.2, 0) is 6.54 Å². The van der Waals surface area contributed by atoms with Crippen molar-refractivity contribution >= 4 is 5.78 Å². The zero-order valence-electron chi connectivity index (χ0n) is 11.1. The van der Waals surface area contributed by atoms with Gasteiger partial charge in [-0.25, -0.2) is 0 Å². The molecular weight excluding hydrogens is 224 g/mol. The highest BCUT2D eigenvalue weighted by Crippen LogP contribution is 2.15. The molecule has 0 aliphatic heterocycles. The zero-order valence-corrected chi connectivity index (χ0v) is 11.1. The van der Waals surface area contributed by atoms with Crippen LogP contribution in [0.5, 0.6) is 0 Å². The van der Waals surface area contributed by atoms with Gasteiger partial charge in [0.25, 0.3) is 0 Å². The third-order valence-electron chi connectivity index (χ3n) is 2.98. The third kappa shape index (κ3) is 2.86. The van der Waals surface area contributed by atoms with Crippen LogP contribution in [0.15, 0.2) is 36.5 Å². The molecule has 0 amide bonds. The summed E-state index contributed by atoms with van der Waals surface area (Å²) in [4.78, 5) is 12.0. The Morgan fingerprint density at radius 1 is 1.22 bits per heavy atom. The summed E-state index contributed by atoms with van der Waals surface area (Å²) in [7, 11) is 0. The summed E-state index contributed by atoms with van der Waals surface area (Å²) < 4.78 is 1.67. The smallest absolute Gasteiger partial charge is 0.184 e. The topological polar surface area (TPSA) is 34.9 Å². The molecule has 0 saturated carbocycles. The molecule has 0 radical (unpaired) electrons. The van der Waals surface area contributed by atoms with E-state index in [1.807, 2.05) is 43.5 Å². The molecule has 18 heavy (non-hydrogen) atoms. The molecule has 0 unspecified atom stereocenters. The SMILES string of the molecule is Cc1ccn(CC(=O)c2ccc(C(C)C)cc2)n1. The van der Waals surface area contributed by atoms with Crippen LogP contribution in [0.3, 0.4) is 0 Å². The van der Waals surface area contributed by atoms with E-state index in [0.29, 0.717) is 12.5 Å². The first-order valence-electron chi connectivity index (χ1n) is 6.19. The fraction of sp³-hybridized carbons (Fsp3) is 0.333. The van der Waals surface area contributed by atoms with Crippen LogP contribution < -0.4 is 0 Å². The number of benzene rings is 1. The standard InChI is InChI=1S/C15H18N2O/c1-11(2)13-4-6-14(7-5-13)15(18)10-17-9-8-12(3)16-17/h4-9,11H,10H2,1-3H3. The summed E-state index contributed by atoms with van der Waals surface area (Å²) in [6.07, 6.45) is 1.83. The maximum atomic E-state index is 12.0. The Bertz CT molecular complexity index is 538. The highest BCUT2D eigenvalue weighted by molar-refractivity contribution is 5.95. The van der Waals surface area contributed by atoms with E-state index in [0.717, 1.165) is 11.3 Å². The summed E-state index contributed by atoms with van der Waals surface area (Å²) >= 11 is 0. The highest BCUT2D eigenvalue weighted by atomic mass is 16.1. The molecule has 0 saturated heterocycles. The zero-order chi connectivity index (χ0) is 13.1. The summed E-state index contributed by atoms with van der Waals surface area (Å²) in [5.41, 5.74) is 2.92. The van der Waals surface area contributed by atoms with Crippen LogP contribution in [0.25, 0.3) is 0 Å². The van der Waals surface area contributed by atoms with Gasteiger partial charge >= 0.3 is 0 Å². The normalized spacial score (nSPS) is 10.9. The Labute approximate surface area is 107 Å². The van der Waals surface area contributed by atoms with Crippen molar-refractivity contribution in [2.45, 2.75) is 33.2 Å². The van der Waals surface area contributed by atoms with Crippen molar-refractivity contribution in [3.05, 3.63) is 53.3 Å². The molecule has 0 bridgehead atoms. The molecule has 94 valence electrons. The van der Waals surface area contributed by atoms with E-state index in [1.54, 1.807) is 4.68 Å². The Hall–Kier alpha value is -1.90. The van der Waals surface area contributed by atoms with E-state index in [9.17, 15) is 4.79 Å². The van der Waals surface area contributed by atoms with Crippen LogP contribution in [0.2, 0.25) is 0 Å². The third-order valence-corrected chi connectivity index (χ3v) is 2.98. The molecule has 1 aromatic heterocycles. The molecule has 0 aliphatic rings. The Morgan fingerprint density at radius 2 is 1.89 bits per heavy atom. The first-order chi connectivity index (χ1) is 8.56. The van der Waals surface area contributed by atoms with Gasteiger partial charge in [0.05, 0.1) is 5.69 Å². The van der Waals surface area contributed by atoms with E-state index in [-0.39, 0.29) is 5.78 Å². The molecule has 1 aromatic carbocycles. The summed E-state index contributed by atoms with van der Waals surface area (Å²) in [6, 6.07) is 9.73. The minimum atomic E-state index is 0.0911. The molecule has 0 N–H and O–H groups in total. The van der Waals surface area contributed by atoms with E-state index in [2.05, 4.69) is 18.9 Å². The fourth-order valence-corrected chi connectivity index (χ4v) is 1.84. The molecule has 1 heterocycles. The predicted molar refractivity (Wildman–Crippen MR) is 71.8 cm³/mol. The quantitative estimate of drug-likeness (QED) is 0.772. The summed E-state index contributed by atoms with van der Waals surface area (Å²) in [5, 5.41) is 4.22. The molecular formula is C15H18N2O. The number of hydrogen-bond acceptors (Lipinski definition) is 2. The van der Waals surface area contributed by atoms with Gasteiger partial charge in [-0.2, -0.15) is 5.10 Å². The Morgan fingerprint density at radius 3 is 2.39 bits per heavy atom. The van der Waals surface area contributed by atoms with Crippen molar-refractivity contribution in [1.82, 2.24) is 9.78 Å². The molecule has 2 rings (SSSR count). The number of rotatable bonds is 4. The summed E-state index contributed by atoms with van der Waals surface area (Å²) in [6.45, 7) is 6.50. The van der Waals surface area contributed by atoms with Crippen molar-refractivity contribution in [3.63, 3.8) is 0 Å². The van der Waals surface area contributed by atoms with Gasteiger partial charge in [0.1, 0.15) is 6.54 Å². The molecule has 3 heteroatoms. The van der Waals surface area contributed by atoms with Crippen molar-refractivity contribution in [2.75, 3.05) is 0 Å². The Kier molecular flexibility index (Phi) is 3.60. The monoisotopic (exact) mass is 242 g/mol. The largest absolute Gasteiger partial charge is 0.292 e. The number of nitrogens with zero attached hydrogens (tertiary/aromatic N) is 2. The number of aromatic nitrogens is 2. The van der Waals surface area contributed by atoms with Gasteiger partial charge in [0.2, 0.25) is 0 Å². The average molecular weight is 242 g/mol. The predicted octanol–water partition coefficient (Wildman–Crippen LogP) is 3.20. The van der Waals surface area contributed by atoms with Gasteiger partial charge in [-0.15, -0.1) is 0 Å². The van der Waals surface area contributed by atoms with Crippen molar-refractivity contribution in [2.24, 2.45) is 0 Å². The van der Waals surface area contributed by atoms with E-state index < -0.39 is 0 Å². The minimum absolute atomic E-state index is 0.0911. The van der Waals surface area contributed by atoms with Crippen molar-refractivity contribution < 1.29 is 4.79 Å².